The summed E-state index contributed by atoms with van der Waals surface area (Å²) in [5, 5.41) is 8.89. The van der Waals surface area contributed by atoms with Crippen LogP contribution in [0.5, 0.6) is 0 Å². The summed E-state index contributed by atoms with van der Waals surface area (Å²) in [4.78, 5) is 7.49. The van der Waals surface area contributed by atoms with Gasteiger partial charge in [0.2, 0.25) is 10.0 Å². The molecule has 1 aromatic carbocycles. The quantitative estimate of drug-likeness (QED) is 0.856. The predicted molar refractivity (Wildman–Crippen MR) is 73.1 cm³/mol. The number of halogens is 1. The lowest BCUT2D eigenvalue weighted by atomic mass is 10.2. The second kappa shape index (κ2) is 6.25. The minimum absolute atomic E-state index is 0.0626. The monoisotopic (exact) mass is 311 g/mol. The summed E-state index contributed by atoms with van der Waals surface area (Å²) >= 11 is 0. The molecule has 0 bridgehead atoms. The normalized spacial score (nSPS) is 11.6. The van der Waals surface area contributed by atoms with E-state index in [1.165, 1.54) is 12.3 Å². The Balaban J connectivity index is 2.19. The molecule has 112 valence electrons. The van der Waals surface area contributed by atoms with Crippen molar-refractivity contribution in [2.75, 3.05) is 0 Å². The summed E-state index contributed by atoms with van der Waals surface area (Å²) in [5.41, 5.74) is 0.788. The Morgan fingerprint density at radius 3 is 2.71 bits per heavy atom. The van der Waals surface area contributed by atoms with Crippen molar-refractivity contribution in [1.29, 1.82) is 0 Å². The molecule has 1 aromatic heterocycles. The van der Waals surface area contributed by atoms with E-state index in [0.717, 1.165) is 12.1 Å². The number of aryl methyl sites for hydroxylation is 1. The van der Waals surface area contributed by atoms with Crippen molar-refractivity contribution >= 4 is 10.0 Å². The molecule has 0 saturated heterocycles. The van der Waals surface area contributed by atoms with E-state index < -0.39 is 20.7 Å². The van der Waals surface area contributed by atoms with Crippen molar-refractivity contribution < 1.29 is 17.9 Å². The number of benzene rings is 1. The second-order valence-electron chi connectivity index (χ2n) is 4.34. The van der Waals surface area contributed by atoms with Crippen LogP contribution in [0.2, 0.25) is 0 Å². The van der Waals surface area contributed by atoms with Gasteiger partial charge in [-0.2, -0.15) is 0 Å². The number of hydrogen-bond donors (Lipinski definition) is 2. The molecule has 0 aliphatic rings. The van der Waals surface area contributed by atoms with E-state index in [-0.39, 0.29) is 13.2 Å². The Bertz CT molecular complexity index is 750. The zero-order chi connectivity index (χ0) is 15.5. The van der Waals surface area contributed by atoms with Gasteiger partial charge in [0.15, 0.2) is 0 Å². The zero-order valence-corrected chi connectivity index (χ0v) is 12.1. The lowest BCUT2D eigenvalue weighted by Crippen LogP contribution is -2.25. The first-order valence-electron chi connectivity index (χ1n) is 6.10. The molecule has 21 heavy (non-hydrogen) atoms. The number of hydrogen-bond acceptors (Lipinski definition) is 5. The van der Waals surface area contributed by atoms with Crippen LogP contribution in [0.15, 0.2) is 35.4 Å². The lowest BCUT2D eigenvalue weighted by Gasteiger charge is -2.08. The van der Waals surface area contributed by atoms with Crippen LogP contribution in [0.4, 0.5) is 4.39 Å². The number of nitrogens with one attached hydrogen (secondary N) is 1. The molecule has 0 atom stereocenters. The topological polar surface area (TPSA) is 92.2 Å². The first-order chi connectivity index (χ1) is 9.92. The van der Waals surface area contributed by atoms with Gasteiger partial charge in [0.25, 0.3) is 0 Å². The Hall–Kier alpha value is -1.90. The molecule has 2 N–H and O–H groups in total. The average molecular weight is 311 g/mol. The van der Waals surface area contributed by atoms with Gasteiger partial charge in [0.1, 0.15) is 16.5 Å². The van der Waals surface area contributed by atoms with Crippen molar-refractivity contribution in [3.63, 3.8) is 0 Å². The highest BCUT2D eigenvalue weighted by molar-refractivity contribution is 7.89. The number of aliphatic hydroxyl groups is 1. The fraction of sp³-hybridized carbons (Fsp3) is 0.231. The maximum atomic E-state index is 13.8. The fourth-order valence-corrected chi connectivity index (χ4v) is 2.77. The van der Waals surface area contributed by atoms with Crippen LogP contribution >= 0.6 is 0 Å². The second-order valence-corrected chi connectivity index (χ2v) is 6.08. The molecule has 8 heteroatoms. The van der Waals surface area contributed by atoms with Crippen LogP contribution in [-0.4, -0.2) is 23.5 Å². The summed E-state index contributed by atoms with van der Waals surface area (Å²) in [6, 6.07) is 5.03. The maximum absolute atomic E-state index is 13.8. The molecule has 0 aliphatic carbocycles. The van der Waals surface area contributed by atoms with Crippen molar-refractivity contribution in [2.45, 2.75) is 25.0 Å². The van der Waals surface area contributed by atoms with Gasteiger partial charge in [0, 0.05) is 6.20 Å². The van der Waals surface area contributed by atoms with E-state index in [1.54, 1.807) is 13.0 Å². The van der Waals surface area contributed by atoms with Crippen molar-refractivity contribution in [2.24, 2.45) is 0 Å². The molecule has 6 nitrogen and oxygen atoms in total. The molecule has 2 aromatic rings. The largest absolute Gasteiger partial charge is 0.392 e. The number of sulfonamides is 1. The Labute approximate surface area is 121 Å². The van der Waals surface area contributed by atoms with E-state index in [1.807, 2.05) is 0 Å². The van der Waals surface area contributed by atoms with Gasteiger partial charge < -0.3 is 5.11 Å². The minimum Gasteiger partial charge on any atom is -0.392 e. The van der Waals surface area contributed by atoms with Gasteiger partial charge >= 0.3 is 0 Å². The van der Waals surface area contributed by atoms with Gasteiger partial charge in [-0.15, -0.1) is 0 Å². The highest BCUT2D eigenvalue weighted by Crippen LogP contribution is 2.16. The SMILES string of the molecule is Cc1nccc(CNS(=O)(=O)c2ccc(CO)cc2F)n1. The molecule has 1 heterocycles. The Morgan fingerprint density at radius 1 is 1.33 bits per heavy atom. The summed E-state index contributed by atoms with van der Waals surface area (Å²) < 4.78 is 40.2. The van der Waals surface area contributed by atoms with Gasteiger partial charge in [-0.05, 0) is 30.7 Å². The highest BCUT2D eigenvalue weighted by Gasteiger charge is 2.19. The van der Waals surface area contributed by atoms with Crippen molar-refractivity contribution in [3.8, 4) is 0 Å². The summed E-state index contributed by atoms with van der Waals surface area (Å²) in [7, 11) is -3.99. The fourth-order valence-electron chi connectivity index (χ4n) is 1.71. The van der Waals surface area contributed by atoms with Crippen LogP contribution in [0.1, 0.15) is 17.1 Å². The van der Waals surface area contributed by atoms with E-state index in [9.17, 15) is 12.8 Å². The van der Waals surface area contributed by atoms with Gasteiger partial charge in [0.05, 0.1) is 18.8 Å². The summed E-state index contributed by atoms with van der Waals surface area (Å²) in [6.45, 7) is 1.27. The number of aliphatic hydroxyl groups excluding tert-OH is 1. The maximum Gasteiger partial charge on any atom is 0.243 e. The summed E-state index contributed by atoms with van der Waals surface area (Å²) in [5.74, 6) is -0.391. The third kappa shape index (κ3) is 3.81. The number of rotatable bonds is 5. The van der Waals surface area contributed by atoms with Crippen LogP contribution in [-0.2, 0) is 23.2 Å². The van der Waals surface area contributed by atoms with E-state index in [0.29, 0.717) is 17.1 Å². The standard InChI is InChI=1S/C13H14FN3O3S/c1-9-15-5-4-11(17-9)7-16-21(19,20)13-3-2-10(8-18)6-12(13)14/h2-6,16,18H,7-8H2,1H3. The molecule has 0 aliphatic heterocycles. The first-order valence-corrected chi connectivity index (χ1v) is 7.58. The van der Waals surface area contributed by atoms with Gasteiger partial charge in [-0.1, -0.05) is 6.07 Å². The summed E-state index contributed by atoms with van der Waals surface area (Å²) in [6.07, 6.45) is 1.52. The number of nitrogens with zero attached hydrogens (tertiary/aromatic N) is 2. The van der Waals surface area contributed by atoms with Crippen LogP contribution < -0.4 is 4.72 Å². The molecule has 0 spiro atoms. The first kappa shape index (κ1) is 15.5. The van der Waals surface area contributed by atoms with Gasteiger partial charge in [-0.25, -0.2) is 27.5 Å². The molecular weight excluding hydrogens is 297 g/mol. The molecule has 2 rings (SSSR count). The van der Waals surface area contributed by atoms with E-state index >= 15 is 0 Å². The number of aromatic nitrogens is 2. The molecule has 0 saturated carbocycles. The molecule has 0 radical (unpaired) electrons. The minimum atomic E-state index is -3.99. The molecule has 0 fully saturated rings. The highest BCUT2D eigenvalue weighted by atomic mass is 32.2. The third-order valence-electron chi connectivity index (χ3n) is 2.75. The zero-order valence-electron chi connectivity index (χ0n) is 11.2. The molecule has 0 amide bonds. The Morgan fingerprint density at radius 2 is 2.10 bits per heavy atom. The predicted octanol–water partition coefficient (Wildman–Crippen LogP) is 0.895. The van der Waals surface area contributed by atoms with Crippen LogP contribution in [0.3, 0.4) is 0 Å². The van der Waals surface area contributed by atoms with E-state index in [2.05, 4.69) is 14.7 Å². The van der Waals surface area contributed by atoms with Crippen LogP contribution in [0, 0.1) is 12.7 Å². The van der Waals surface area contributed by atoms with Crippen molar-refractivity contribution in [1.82, 2.24) is 14.7 Å². The van der Waals surface area contributed by atoms with Gasteiger partial charge in [-0.3, -0.25) is 0 Å². The third-order valence-corrected chi connectivity index (χ3v) is 4.18. The smallest absolute Gasteiger partial charge is 0.243 e. The van der Waals surface area contributed by atoms with Crippen molar-refractivity contribution in [3.05, 3.63) is 53.4 Å². The lowest BCUT2D eigenvalue weighted by molar-refractivity contribution is 0.281. The molecular formula is C13H14FN3O3S. The van der Waals surface area contributed by atoms with Crippen LogP contribution in [0.25, 0.3) is 0 Å². The Kier molecular flexibility index (Phi) is 4.61. The van der Waals surface area contributed by atoms with E-state index in [4.69, 9.17) is 5.11 Å². The molecule has 0 unspecified atom stereocenters. The average Bonchev–Trinajstić information content (AvgIpc) is 2.45.